The fraction of sp³-hybridized carbons (Fsp3) is 0.412. The Morgan fingerprint density at radius 3 is 2.36 bits per heavy atom. The number of benzene rings is 1. The Morgan fingerprint density at radius 2 is 1.82 bits per heavy atom. The highest BCUT2D eigenvalue weighted by Gasteiger charge is 2.38. The maximum Gasteiger partial charge on any atom is 0.348 e. The minimum Gasteiger partial charge on any atom is -0.507 e. The van der Waals surface area contributed by atoms with E-state index in [0.717, 1.165) is 12.0 Å². The van der Waals surface area contributed by atoms with Gasteiger partial charge in [0.25, 0.3) is 5.79 Å². The lowest BCUT2D eigenvalue weighted by Gasteiger charge is -2.29. The highest BCUT2D eigenvalue weighted by atomic mass is 16.7. The third-order valence-electron chi connectivity index (χ3n) is 3.65. The van der Waals surface area contributed by atoms with Crippen molar-refractivity contribution >= 4 is 18.0 Å². The number of phenolic OH excluding ortho intramolecular Hbond substituents is 1. The highest BCUT2D eigenvalue weighted by Crippen LogP contribution is 2.29. The smallest absolute Gasteiger partial charge is 0.348 e. The van der Waals surface area contributed by atoms with E-state index in [9.17, 15) is 14.7 Å². The van der Waals surface area contributed by atoms with Gasteiger partial charge in [0.15, 0.2) is 0 Å². The van der Waals surface area contributed by atoms with Crippen LogP contribution < -0.4 is 0 Å². The predicted molar refractivity (Wildman–Crippen MR) is 81.1 cm³/mol. The molecule has 1 aromatic carbocycles. The molecular formula is C17H20O5. The monoisotopic (exact) mass is 304 g/mol. The Balaban J connectivity index is 2.40. The van der Waals surface area contributed by atoms with Crippen LogP contribution in [0.4, 0.5) is 0 Å². The lowest BCUT2D eigenvalue weighted by atomic mass is 9.95. The summed E-state index contributed by atoms with van der Waals surface area (Å²) in [5, 5.41) is 9.95. The third-order valence-corrected chi connectivity index (χ3v) is 3.65. The van der Waals surface area contributed by atoms with E-state index in [1.54, 1.807) is 12.1 Å². The van der Waals surface area contributed by atoms with E-state index in [4.69, 9.17) is 9.47 Å². The molecule has 118 valence electrons. The van der Waals surface area contributed by atoms with Crippen LogP contribution in [0.5, 0.6) is 5.75 Å². The van der Waals surface area contributed by atoms with E-state index in [1.165, 1.54) is 19.9 Å². The minimum absolute atomic E-state index is 0.00927. The number of hydrogen-bond donors (Lipinski definition) is 1. The summed E-state index contributed by atoms with van der Waals surface area (Å²) in [6.07, 6.45) is 2.25. The van der Waals surface area contributed by atoms with Gasteiger partial charge in [-0.05, 0) is 36.1 Å². The van der Waals surface area contributed by atoms with Crippen LogP contribution in [-0.4, -0.2) is 22.8 Å². The predicted octanol–water partition coefficient (Wildman–Crippen LogP) is 3.13. The zero-order valence-corrected chi connectivity index (χ0v) is 13.2. The summed E-state index contributed by atoms with van der Waals surface area (Å²) in [5.41, 5.74) is 1.18. The second kappa shape index (κ2) is 5.83. The molecule has 0 aromatic heterocycles. The average molecular weight is 304 g/mol. The number of ether oxygens (including phenoxy) is 2. The first-order valence-corrected chi connectivity index (χ1v) is 7.25. The maximum absolute atomic E-state index is 11.9. The van der Waals surface area contributed by atoms with E-state index >= 15 is 0 Å². The fourth-order valence-corrected chi connectivity index (χ4v) is 2.16. The zero-order chi connectivity index (χ0) is 16.5. The molecule has 1 heterocycles. The summed E-state index contributed by atoms with van der Waals surface area (Å²) in [7, 11) is 0. The topological polar surface area (TPSA) is 72.8 Å². The molecule has 1 aromatic rings. The van der Waals surface area contributed by atoms with Gasteiger partial charge in [0.05, 0.1) is 0 Å². The summed E-state index contributed by atoms with van der Waals surface area (Å²) in [5.74, 6) is -2.48. The van der Waals surface area contributed by atoms with Crippen LogP contribution in [0.3, 0.4) is 0 Å². The molecule has 1 N–H and O–H groups in total. The van der Waals surface area contributed by atoms with E-state index in [1.807, 2.05) is 6.07 Å². The molecule has 0 amide bonds. The van der Waals surface area contributed by atoms with Gasteiger partial charge in [0.1, 0.15) is 11.3 Å². The molecular weight excluding hydrogens is 284 g/mol. The maximum atomic E-state index is 11.9. The van der Waals surface area contributed by atoms with Gasteiger partial charge < -0.3 is 14.6 Å². The number of rotatable bonds is 3. The molecule has 1 fully saturated rings. The second-order valence-electron chi connectivity index (χ2n) is 5.86. The summed E-state index contributed by atoms with van der Waals surface area (Å²) in [6.45, 7) is 7.10. The summed E-state index contributed by atoms with van der Waals surface area (Å²) < 4.78 is 10.1. The van der Waals surface area contributed by atoms with Crippen LogP contribution in [0.15, 0.2) is 23.8 Å². The van der Waals surface area contributed by atoms with Gasteiger partial charge in [-0.1, -0.05) is 19.9 Å². The fourth-order valence-electron chi connectivity index (χ4n) is 2.16. The number of carbonyl (C=O) groups is 2. The molecule has 22 heavy (non-hydrogen) atoms. The van der Waals surface area contributed by atoms with Crippen LogP contribution in [0.25, 0.3) is 6.08 Å². The number of esters is 2. The molecule has 0 radical (unpaired) electrons. The van der Waals surface area contributed by atoms with Crippen LogP contribution in [0.1, 0.15) is 51.2 Å². The molecule has 1 aliphatic rings. The Morgan fingerprint density at radius 1 is 1.23 bits per heavy atom. The van der Waals surface area contributed by atoms with Crippen molar-refractivity contribution in [3.63, 3.8) is 0 Å². The molecule has 1 aliphatic heterocycles. The van der Waals surface area contributed by atoms with E-state index in [-0.39, 0.29) is 11.3 Å². The molecule has 5 nitrogen and oxygen atoms in total. The van der Waals surface area contributed by atoms with Gasteiger partial charge in [-0.15, -0.1) is 0 Å². The average Bonchev–Trinajstić information content (AvgIpc) is 2.42. The van der Waals surface area contributed by atoms with Gasteiger partial charge in [-0.3, -0.25) is 0 Å². The Labute approximate surface area is 129 Å². The van der Waals surface area contributed by atoms with Gasteiger partial charge in [0.2, 0.25) is 0 Å². The Hall–Kier alpha value is -2.30. The van der Waals surface area contributed by atoms with Crippen LogP contribution in [-0.2, 0) is 19.1 Å². The largest absolute Gasteiger partial charge is 0.507 e. The first kappa shape index (κ1) is 16.1. The van der Waals surface area contributed by atoms with Crippen molar-refractivity contribution in [1.29, 1.82) is 0 Å². The number of aromatic hydroxyl groups is 1. The van der Waals surface area contributed by atoms with Crippen molar-refractivity contribution in [2.45, 2.75) is 45.8 Å². The molecule has 2 rings (SSSR count). The Bertz CT molecular complexity index is 620. The summed E-state index contributed by atoms with van der Waals surface area (Å²) >= 11 is 0. The van der Waals surface area contributed by atoms with E-state index in [0.29, 0.717) is 11.5 Å². The SMILES string of the molecule is CCC(C)c1ccc(O)c(C=C2C(=O)OC(C)(C)OC2=O)c1. The van der Waals surface area contributed by atoms with Crippen molar-refractivity contribution in [3.8, 4) is 5.75 Å². The second-order valence-corrected chi connectivity index (χ2v) is 5.86. The van der Waals surface area contributed by atoms with E-state index < -0.39 is 17.7 Å². The first-order valence-electron chi connectivity index (χ1n) is 7.25. The number of carbonyl (C=O) groups excluding carboxylic acids is 2. The van der Waals surface area contributed by atoms with Gasteiger partial charge in [0, 0.05) is 19.4 Å². The van der Waals surface area contributed by atoms with Crippen molar-refractivity contribution in [2.24, 2.45) is 0 Å². The van der Waals surface area contributed by atoms with Crippen LogP contribution in [0.2, 0.25) is 0 Å². The number of hydrogen-bond acceptors (Lipinski definition) is 5. The van der Waals surface area contributed by atoms with Gasteiger partial charge in [-0.25, -0.2) is 9.59 Å². The molecule has 0 saturated carbocycles. The zero-order valence-electron chi connectivity index (χ0n) is 13.2. The summed E-state index contributed by atoms with van der Waals surface area (Å²) in [6, 6.07) is 5.14. The highest BCUT2D eigenvalue weighted by molar-refractivity contribution is 6.19. The van der Waals surface area contributed by atoms with E-state index in [2.05, 4.69) is 13.8 Å². The van der Waals surface area contributed by atoms with Crippen molar-refractivity contribution in [3.05, 3.63) is 34.9 Å². The van der Waals surface area contributed by atoms with Crippen molar-refractivity contribution < 1.29 is 24.2 Å². The molecule has 1 saturated heterocycles. The lowest BCUT2D eigenvalue weighted by Crippen LogP contribution is -2.41. The van der Waals surface area contributed by atoms with Crippen LogP contribution >= 0.6 is 0 Å². The van der Waals surface area contributed by atoms with Gasteiger partial charge in [-0.2, -0.15) is 0 Å². The quantitative estimate of drug-likeness (QED) is 0.527. The first-order chi connectivity index (χ1) is 10.2. The van der Waals surface area contributed by atoms with Crippen LogP contribution in [0, 0.1) is 0 Å². The third kappa shape index (κ3) is 3.30. The molecule has 0 spiro atoms. The normalized spacial score (nSPS) is 18.5. The molecule has 0 bridgehead atoms. The minimum atomic E-state index is -1.27. The molecule has 1 atom stereocenters. The Kier molecular flexibility index (Phi) is 4.26. The lowest BCUT2D eigenvalue weighted by molar-refractivity contribution is -0.222. The summed E-state index contributed by atoms with van der Waals surface area (Å²) in [4.78, 5) is 23.9. The standard InChI is InChI=1S/C17H20O5/c1-5-10(2)11-6-7-14(18)12(8-11)9-13-15(19)21-17(3,4)22-16(13)20/h6-10,18H,5H2,1-4H3. The van der Waals surface area contributed by atoms with Crippen molar-refractivity contribution in [2.75, 3.05) is 0 Å². The number of phenols is 1. The molecule has 0 aliphatic carbocycles. The molecule has 5 heteroatoms. The number of cyclic esters (lactones) is 2. The van der Waals surface area contributed by atoms with Crippen molar-refractivity contribution in [1.82, 2.24) is 0 Å². The molecule has 1 unspecified atom stereocenters. The van der Waals surface area contributed by atoms with Gasteiger partial charge >= 0.3 is 11.9 Å².